The summed E-state index contributed by atoms with van der Waals surface area (Å²) in [5.41, 5.74) is 2.61. The summed E-state index contributed by atoms with van der Waals surface area (Å²) in [5.74, 6) is -11.3. The average molecular weight is 1710 g/mol. The minimum Gasteiger partial charge on any atom is -0.493 e. The Hall–Kier alpha value is -13.6. The molecule has 0 radical (unpaired) electrons. The van der Waals surface area contributed by atoms with Gasteiger partial charge in [0.05, 0.1) is 88.4 Å². The Bertz CT molecular complexity index is 4570. The third kappa shape index (κ3) is 21.6. The fraction of sp³-hybridized carbons (Fsp3) is 0.422. The number of aliphatic hydroxyl groups excluding tert-OH is 2. The highest BCUT2D eigenvalue weighted by molar-refractivity contribution is 6.19. The van der Waals surface area contributed by atoms with Gasteiger partial charge in [0, 0.05) is 86.8 Å². The van der Waals surface area contributed by atoms with Crippen LogP contribution in [0.2, 0.25) is 0 Å². The van der Waals surface area contributed by atoms with Crippen molar-refractivity contribution in [2.75, 3.05) is 100 Å². The van der Waals surface area contributed by atoms with Crippen LogP contribution in [-0.2, 0) is 89.7 Å². The molecule has 16 amide bonds. The molecule has 654 valence electrons. The van der Waals surface area contributed by atoms with Gasteiger partial charge in [-0.05, 0) is 107 Å². The van der Waals surface area contributed by atoms with Gasteiger partial charge in [-0.1, -0.05) is 48.6 Å². The van der Waals surface area contributed by atoms with Gasteiger partial charge in [-0.3, -0.25) is 76.9 Å². The number of hydrogen-bond acceptors (Lipinski definition) is 26. The van der Waals surface area contributed by atoms with Crippen molar-refractivity contribution in [2.45, 2.75) is 147 Å². The Morgan fingerprint density at radius 2 is 0.772 bits per heavy atom. The molecule has 6 unspecified atom stereocenters. The number of anilines is 4. The molecule has 2 saturated heterocycles. The van der Waals surface area contributed by atoms with Gasteiger partial charge in [0.1, 0.15) is 49.5 Å². The van der Waals surface area contributed by atoms with Gasteiger partial charge >= 0.3 is 12.2 Å². The molecule has 40 nitrogen and oxygen atoms in total. The quantitative estimate of drug-likeness (QED) is 0.102. The molecule has 10 atom stereocenters. The standard InChI is InChI=1S/C83H96N14O26/c1-44-34-58-80(112)94-56-38-62(60(116-7)36-54(56)78(110)92(58)40-44)120-28-10-9-11-29-121-63-39-57-55(37-61(63)117-8)79(111)93-41-45(2)35-59(93)81(113)95(57)83(115)123-43-51-14-18-53(19-15-51)91-75(107)49(6)89-73(105)47(4)87-65(99)25-31-119-33-27-85-77(109)71(97-68(102)22-23-69(97)103)70(96-66(100)20-21-67(96)101)76(108)84-26-32-118-30-24-64(98)86-46(3)72(104)88-48(5)74(106)90-52-16-12-50(13-17-52)42-122-82(94)114/h12-23,36-39,46-49,58-59,70-71,80-81,112-113H,1-2,9-11,24-35,40-43H2,3-8H3,(H,84,108)(H,85,109)(H,86,98)(H,87,99)(H,88,104)(H,89,105)(H,90,106)(H,91,107)/t46?,47?,48?,49?,58-,59-,70?,71?,80-,81-/m0/s1. The highest BCUT2D eigenvalue weighted by atomic mass is 16.6. The molecule has 2 fully saturated rings. The van der Waals surface area contributed by atoms with Crippen molar-refractivity contribution >= 4 is 118 Å². The number of methoxy groups -OCH3 is 2. The number of carbonyl (C=O) groups is 16. The van der Waals surface area contributed by atoms with E-state index < -0.39 is 156 Å². The van der Waals surface area contributed by atoms with Gasteiger partial charge in [-0.2, -0.15) is 0 Å². The SMILES string of the molecule is C=C1C[C@H]2[C@H](O)N3C(=O)OCc4ccc(cc4)NC(=O)C(C)NC(=O)C(C)NC(=O)CCOCCNC(=O)C(N4C(=O)C=CC4=O)C(N4C(=O)C=CC4=O)C(=O)NCCOCCC(=O)NC(C)C(=O)NC(C)C(=O)Nc4ccc(cc4)COC(=O)N4c5cc(c(OC)cc5C(=O)N5CC(=C)C[C@H]5[C@@H]4O)OCCCCCOc4cc3c(cc4OC)C(=O)N2C1. The van der Waals surface area contributed by atoms with E-state index in [1.165, 1.54) is 100 Å². The number of rotatable bonds is 4. The lowest BCUT2D eigenvalue weighted by atomic mass is 10.0. The molecule has 9 aliphatic rings. The Balaban J connectivity index is 0.766. The number of fused-ring (bicyclic) bond motifs is 4. The third-order valence-corrected chi connectivity index (χ3v) is 20.9. The van der Waals surface area contributed by atoms with Gasteiger partial charge in [0.25, 0.3) is 35.4 Å². The first-order chi connectivity index (χ1) is 58.8. The maximum absolute atomic E-state index is 14.4. The number of carbonyl (C=O) groups excluding carboxylic acids is 16. The second-order valence-corrected chi connectivity index (χ2v) is 29.8. The largest absolute Gasteiger partial charge is 0.493 e. The fourth-order valence-corrected chi connectivity index (χ4v) is 14.4. The number of amides is 16. The molecule has 9 heterocycles. The fourth-order valence-electron chi connectivity index (χ4n) is 14.4. The van der Waals surface area contributed by atoms with Crippen molar-refractivity contribution in [3.05, 3.63) is 144 Å². The molecule has 0 spiro atoms. The molecule has 8 bridgehead atoms. The number of benzene rings is 4. The summed E-state index contributed by atoms with van der Waals surface area (Å²) in [6.45, 7) is 11.3. The number of aliphatic hydroxyl groups is 2. The second-order valence-electron chi connectivity index (χ2n) is 29.8. The predicted molar refractivity (Wildman–Crippen MR) is 432 cm³/mol. The molecule has 13 rings (SSSR count). The second kappa shape index (κ2) is 40.6. The van der Waals surface area contributed by atoms with Gasteiger partial charge in [-0.25, -0.2) is 19.4 Å². The first-order valence-corrected chi connectivity index (χ1v) is 39.6. The first kappa shape index (κ1) is 90.2. The minimum absolute atomic E-state index is 0.00439. The Morgan fingerprint density at radius 1 is 0.415 bits per heavy atom. The van der Waals surface area contributed by atoms with E-state index in [0.717, 1.165) is 34.1 Å². The molecule has 4 aromatic rings. The van der Waals surface area contributed by atoms with E-state index in [-0.39, 0.29) is 162 Å². The van der Waals surface area contributed by atoms with Crippen LogP contribution in [0.15, 0.2) is 121 Å². The van der Waals surface area contributed by atoms with Crippen LogP contribution >= 0.6 is 0 Å². The number of hydrogen-bond donors (Lipinski definition) is 10. The van der Waals surface area contributed by atoms with E-state index >= 15 is 0 Å². The summed E-state index contributed by atoms with van der Waals surface area (Å²) in [6, 6.07) is 7.11. The van der Waals surface area contributed by atoms with Crippen LogP contribution in [-0.4, -0.2) is 266 Å². The predicted octanol–water partition coefficient (Wildman–Crippen LogP) is 1.37. The third-order valence-electron chi connectivity index (χ3n) is 20.9. The molecule has 0 aromatic heterocycles. The van der Waals surface area contributed by atoms with Crippen LogP contribution in [0.5, 0.6) is 23.0 Å². The Labute approximate surface area is 704 Å². The van der Waals surface area contributed by atoms with E-state index in [4.69, 9.17) is 37.9 Å². The van der Waals surface area contributed by atoms with E-state index in [1.54, 1.807) is 24.3 Å². The minimum atomic E-state index is -2.16. The van der Waals surface area contributed by atoms with E-state index in [1.807, 2.05) is 0 Å². The lowest BCUT2D eigenvalue weighted by Crippen LogP contribution is -2.66. The highest BCUT2D eigenvalue weighted by Crippen LogP contribution is 2.45. The van der Waals surface area contributed by atoms with E-state index in [0.29, 0.717) is 51.3 Å². The summed E-state index contributed by atoms with van der Waals surface area (Å²) in [5, 5.41) is 44.4. The zero-order valence-electron chi connectivity index (χ0n) is 68.2. The number of nitrogens with zero attached hydrogens (tertiary/aromatic N) is 6. The van der Waals surface area contributed by atoms with E-state index in [2.05, 4.69) is 55.7 Å². The van der Waals surface area contributed by atoms with Gasteiger partial charge in [-0.15, -0.1) is 0 Å². The number of nitrogens with one attached hydrogen (secondary N) is 8. The maximum atomic E-state index is 14.4. The van der Waals surface area contributed by atoms with Crippen LogP contribution < -0.4 is 71.3 Å². The zero-order chi connectivity index (χ0) is 88.6. The van der Waals surface area contributed by atoms with Gasteiger partial charge in [0.2, 0.25) is 47.3 Å². The molecule has 40 heteroatoms. The summed E-state index contributed by atoms with van der Waals surface area (Å²) in [7, 11) is 2.75. The summed E-state index contributed by atoms with van der Waals surface area (Å²) < 4.78 is 46.6. The molecule has 9 aliphatic heterocycles. The van der Waals surface area contributed by atoms with Crippen LogP contribution in [0.25, 0.3) is 0 Å². The van der Waals surface area contributed by atoms with Crippen LogP contribution in [0.1, 0.15) is 104 Å². The van der Waals surface area contributed by atoms with Crippen molar-refractivity contribution in [3.8, 4) is 23.0 Å². The maximum Gasteiger partial charge on any atom is 0.416 e. The normalized spacial score (nSPS) is 25.1. The average Bonchev–Trinajstić information content (AvgIpc) is 1.59. The molecular formula is C83H96N14O26. The topological polar surface area (TPSA) is 503 Å². The van der Waals surface area contributed by atoms with Crippen molar-refractivity contribution in [1.29, 1.82) is 0 Å². The molecular weight excluding hydrogens is 1610 g/mol. The summed E-state index contributed by atoms with van der Waals surface area (Å²) in [6.07, 6.45) is -1.04. The summed E-state index contributed by atoms with van der Waals surface area (Å²) >= 11 is 0. The van der Waals surface area contributed by atoms with Crippen molar-refractivity contribution < 1.29 is 125 Å². The molecule has 0 aliphatic carbocycles. The number of imide groups is 2. The highest BCUT2D eigenvalue weighted by Gasteiger charge is 2.52. The van der Waals surface area contributed by atoms with Crippen LogP contribution in [0.3, 0.4) is 0 Å². The lowest BCUT2D eigenvalue weighted by Gasteiger charge is -2.35. The lowest BCUT2D eigenvalue weighted by molar-refractivity contribution is -0.156. The molecule has 123 heavy (non-hydrogen) atoms. The Morgan fingerprint density at radius 3 is 1.13 bits per heavy atom. The monoisotopic (exact) mass is 1700 g/mol. The molecule has 0 saturated carbocycles. The van der Waals surface area contributed by atoms with Crippen LogP contribution in [0.4, 0.5) is 32.3 Å². The zero-order valence-corrected chi connectivity index (χ0v) is 68.2. The number of ether oxygens (including phenoxy) is 8. The van der Waals surface area contributed by atoms with Crippen molar-refractivity contribution in [2.24, 2.45) is 0 Å². The van der Waals surface area contributed by atoms with Crippen molar-refractivity contribution in [1.82, 2.24) is 51.5 Å². The van der Waals surface area contributed by atoms with Crippen LogP contribution in [0, 0.1) is 0 Å². The first-order valence-electron chi connectivity index (χ1n) is 39.6. The Kier molecular flexibility index (Phi) is 29.8. The molecule has 4 aromatic carbocycles. The van der Waals surface area contributed by atoms with Gasteiger partial charge < -0.3 is 100 Å². The van der Waals surface area contributed by atoms with Gasteiger partial charge in [0.15, 0.2) is 35.5 Å². The van der Waals surface area contributed by atoms with E-state index in [9.17, 15) is 86.9 Å². The summed E-state index contributed by atoms with van der Waals surface area (Å²) in [4.78, 5) is 223. The van der Waals surface area contributed by atoms with Crippen molar-refractivity contribution in [3.63, 3.8) is 0 Å². The smallest absolute Gasteiger partial charge is 0.416 e. The molecule has 10 N–H and O–H groups in total.